The first-order chi connectivity index (χ1) is 9.04. The SMILES string of the molecule is Cc1nc2cc(CN(C)CCNC(C)C)ccc2o1. The van der Waals surface area contributed by atoms with Crippen LogP contribution in [0.5, 0.6) is 0 Å². The molecule has 19 heavy (non-hydrogen) atoms. The zero-order chi connectivity index (χ0) is 13.8. The van der Waals surface area contributed by atoms with Crippen LogP contribution in [0.15, 0.2) is 22.6 Å². The molecule has 1 heterocycles. The lowest BCUT2D eigenvalue weighted by Crippen LogP contribution is -2.32. The number of aromatic nitrogens is 1. The number of fused-ring (bicyclic) bond motifs is 1. The molecule has 2 rings (SSSR count). The van der Waals surface area contributed by atoms with E-state index in [0.717, 1.165) is 36.6 Å². The summed E-state index contributed by atoms with van der Waals surface area (Å²) < 4.78 is 5.48. The Labute approximate surface area is 114 Å². The van der Waals surface area contributed by atoms with Gasteiger partial charge in [-0.2, -0.15) is 0 Å². The van der Waals surface area contributed by atoms with Crippen molar-refractivity contribution < 1.29 is 4.42 Å². The molecule has 0 aliphatic carbocycles. The van der Waals surface area contributed by atoms with E-state index in [2.05, 4.69) is 48.2 Å². The highest BCUT2D eigenvalue weighted by Crippen LogP contribution is 2.17. The van der Waals surface area contributed by atoms with E-state index >= 15 is 0 Å². The Balaban J connectivity index is 1.92. The summed E-state index contributed by atoms with van der Waals surface area (Å²) >= 11 is 0. The largest absolute Gasteiger partial charge is 0.441 e. The molecule has 0 saturated carbocycles. The van der Waals surface area contributed by atoms with E-state index in [1.54, 1.807) is 0 Å². The van der Waals surface area contributed by atoms with Crippen LogP contribution in [0.3, 0.4) is 0 Å². The third kappa shape index (κ3) is 4.04. The van der Waals surface area contributed by atoms with Crippen molar-refractivity contribution in [1.29, 1.82) is 0 Å². The lowest BCUT2D eigenvalue weighted by atomic mass is 10.2. The normalized spacial score (nSPS) is 11.9. The summed E-state index contributed by atoms with van der Waals surface area (Å²) in [7, 11) is 2.14. The zero-order valence-electron chi connectivity index (χ0n) is 12.2. The van der Waals surface area contributed by atoms with Crippen LogP contribution in [0.4, 0.5) is 0 Å². The van der Waals surface area contributed by atoms with Crippen molar-refractivity contribution in [3.05, 3.63) is 29.7 Å². The third-order valence-corrected chi connectivity index (χ3v) is 3.06. The summed E-state index contributed by atoms with van der Waals surface area (Å²) in [5.41, 5.74) is 3.09. The second kappa shape index (κ2) is 6.17. The highest BCUT2D eigenvalue weighted by molar-refractivity contribution is 5.73. The number of nitrogens with one attached hydrogen (secondary N) is 1. The summed E-state index contributed by atoms with van der Waals surface area (Å²) in [5.74, 6) is 0.724. The van der Waals surface area contributed by atoms with Crippen LogP contribution in [-0.2, 0) is 6.54 Å². The van der Waals surface area contributed by atoms with Gasteiger partial charge in [0, 0.05) is 32.6 Å². The maximum absolute atomic E-state index is 5.48. The number of hydrogen-bond donors (Lipinski definition) is 1. The number of nitrogens with zero attached hydrogens (tertiary/aromatic N) is 2. The van der Waals surface area contributed by atoms with Gasteiger partial charge in [-0.15, -0.1) is 0 Å². The number of oxazole rings is 1. The van der Waals surface area contributed by atoms with Gasteiger partial charge in [-0.25, -0.2) is 4.98 Å². The van der Waals surface area contributed by atoms with Crippen LogP contribution in [0.2, 0.25) is 0 Å². The van der Waals surface area contributed by atoms with E-state index in [0.29, 0.717) is 6.04 Å². The fraction of sp³-hybridized carbons (Fsp3) is 0.533. The molecule has 0 aliphatic rings. The fourth-order valence-corrected chi connectivity index (χ4v) is 2.12. The highest BCUT2D eigenvalue weighted by atomic mass is 16.3. The molecule has 0 amide bonds. The van der Waals surface area contributed by atoms with Crippen molar-refractivity contribution in [2.24, 2.45) is 0 Å². The topological polar surface area (TPSA) is 41.3 Å². The molecule has 1 aromatic heterocycles. The van der Waals surface area contributed by atoms with Gasteiger partial charge in [0.1, 0.15) is 5.52 Å². The van der Waals surface area contributed by atoms with Crippen molar-refractivity contribution >= 4 is 11.1 Å². The lowest BCUT2D eigenvalue weighted by molar-refractivity contribution is 0.320. The van der Waals surface area contributed by atoms with Crippen LogP contribution in [0, 0.1) is 6.92 Å². The molecule has 104 valence electrons. The van der Waals surface area contributed by atoms with Gasteiger partial charge in [0.2, 0.25) is 0 Å². The Kier molecular flexibility index (Phi) is 4.56. The first kappa shape index (κ1) is 14.0. The van der Waals surface area contributed by atoms with Gasteiger partial charge in [0.15, 0.2) is 11.5 Å². The van der Waals surface area contributed by atoms with Crippen LogP contribution in [0.1, 0.15) is 25.3 Å². The highest BCUT2D eigenvalue weighted by Gasteiger charge is 2.05. The molecule has 0 aliphatic heterocycles. The van der Waals surface area contributed by atoms with Crippen LogP contribution in [0.25, 0.3) is 11.1 Å². The minimum absolute atomic E-state index is 0.544. The fourth-order valence-electron chi connectivity index (χ4n) is 2.12. The van der Waals surface area contributed by atoms with Crippen LogP contribution in [-0.4, -0.2) is 36.1 Å². The van der Waals surface area contributed by atoms with Gasteiger partial charge in [0.05, 0.1) is 0 Å². The number of rotatable bonds is 6. The first-order valence-corrected chi connectivity index (χ1v) is 6.82. The number of hydrogen-bond acceptors (Lipinski definition) is 4. The minimum Gasteiger partial charge on any atom is -0.441 e. The first-order valence-electron chi connectivity index (χ1n) is 6.82. The smallest absolute Gasteiger partial charge is 0.192 e. The molecule has 1 N–H and O–H groups in total. The molecule has 0 fully saturated rings. The monoisotopic (exact) mass is 261 g/mol. The Bertz CT molecular complexity index is 533. The van der Waals surface area contributed by atoms with Crippen LogP contribution < -0.4 is 5.32 Å². The molecular formula is C15H23N3O. The van der Waals surface area contributed by atoms with Gasteiger partial charge in [-0.05, 0) is 24.7 Å². The van der Waals surface area contributed by atoms with E-state index in [-0.39, 0.29) is 0 Å². The van der Waals surface area contributed by atoms with E-state index in [1.165, 1.54) is 5.56 Å². The quantitative estimate of drug-likeness (QED) is 0.867. The van der Waals surface area contributed by atoms with Crippen molar-refractivity contribution in [3.8, 4) is 0 Å². The van der Waals surface area contributed by atoms with E-state index in [4.69, 9.17) is 4.42 Å². The Morgan fingerprint density at radius 2 is 2.16 bits per heavy atom. The molecule has 0 saturated heterocycles. The molecule has 4 heteroatoms. The van der Waals surface area contributed by atoms with E-state index < -0.39 is 0 Å². The molecular weight excluding hydrogens is 238 g/mol. The molecule has 0 bridgehead atoms. The third-order valence-electron chi connectivity index (χ3n) is 3.06. The number of benzene rings is 1. The predicted molar refractivity (Wildman–Crippen MR) is 78.2 cm³/mol. The maximum atomic E-state index is 5.48. The molecule has 0 atom stereocenters. The van der Waals surface area contributed by atoms with Gasteiger partial charge in [-0.3, -0.25) is 0 Å². The molecule has 1 aromatic carbocycles. The van der Waals surface area contributed by atoms with Gasteiger partial charge in [0.25, 0.3) is 0 Å². The van der Waals surface area contributed by atoms with Crippen LogP contribution >= 0.6 is 0 Å². The van der Waals surface area contributed by atoms with E-state index in [9.17, 15) is 0 Å². The van der Waals surface area contributed by atoms with Crippen molar-refractivity contribution in [2.45, 2.75) is 33.4 Å². The van der Waals surface area contributed by atoms with Crippen molar-refractivity contribution in [2.75, 3.05) is 20.1 Å². The summed E-state index contributed by atoms with van der Waals surface area (Å²) in [6.07, 6.45) is 0. The molecule has 0 unspecified atom stereocenters. The van der Waals surface area contributed by atoms with Crippen molar-refractivity contribution in [1.82, 2.24) is 15.2 Å². The maximum Gasteiger partial charge on any atom is 0.192 e. The second-order valence-electron chi connectivity index (χ2n) is 5.38. The lowest BCUT2D eigenvalue weighted by Gasteiger charge is -2.18. The number of likely N-dealkylation sites (N-methyl/N-ethyl adjacent to an activating group) is 1. The predicted octanol–water partition coefficient (Wildman–Crippen LogP) is 2.57. The summed E-state index contributed by atoms with van der Waals surface area (Å²) in [6, 6.07) is 6.77. The minimum atomic E-state index is 0.544. The Hall–Kier alpha value is -1.39. The second-order valence-corrected chi connectivity index (χ2v) is 5.38. The molecule has 4 nitrogen and oxygen atoms in total. The average molecular weight is 261 g/mol. The Morgan fingerprint density at radius 1 is 1.37 bits per heavy atom. The van der Waals surface area contributed by atoms with Gasteiger partial charge in [-0.1, -0.05) is 19.9 Å². The molecule has 2 aromatic rings. The summed E-state index contributed by atoms with van der Waals surface area (Å²) in [5, 5.41) is 3.43. The Morgan fingerprint density at radius 3 is 2.89 bits per heavy atom. The summed E-state index contributed by atoms with van der Waals surface area (Å²) in [6.45, 7) is 9.19. The van der Waals surface area contributed by atoms with Gasteiger partial charge >= 0.3 is 0 Å². The zero-order valence-corrected chi connectivity index (χ0v) is 12.2. The average Bonchev–Trinajstić information content (AvgIpc) is 2.67. The molecule has 0 spiro atoms. The summed E-state index contributed by atoms with van der Waals surface area (Å²) in [4.78, 5) is 6.68. The number of aryl methyl sites for hydroxylation is 1. The standard InChI is InChI=1S/C15H23N3O/c1-11(2)16-7-8-18(4)10-13-5-6-15-14(9-13)17-12(3)19-15/h5-6,9,11,16H,7-8,10H2,1-4H3. The van der Waals surface area contributed by atoms with Crippen molar-refractivity contribution in [3.63, 3.8) is 0 Å². The molecule has 0 radical (unpaired) electrons. The van der Waals surface area contributed by atoms with E-state index in [1.807, 2.05) is 13.0 Å². The van der Waals surface area contributed by atoms with Gasteiger partial charge < -0.3 is 14.6 Å².